The summed E-state index contributed by atoms with van der Waals surface area (Å²) < 4.78 is 0. The van der Waals surface area contributed by atoms with E-state index in [-0.39, 0.29) is 0 Å². The summed E-state index contributed by atoms with van der Waals surface area (Å²) >= 11 is 0. The predicted molar refractivity (Wildman–Crippen MR) is 97.4 cm³/mol. The lowest BCUT2D eigenvalue weighted by atomic mass is 10.3. The summed E-state index contributed by atoms with van der Waals surface area (Å²) in [6.07, 6.45) is 8.36. The van der Waals surface area contributed by atoms with Gasteiger partial charge in [0.05, 0.1) is 41.6 Å². The maximum Gasteiger partial charge on any atom is 0.197 e. The highest BCUT2D eigenvalue weighted by Gasteiger charge is 2.12. The molecule has 0 atom stereocenters. The lowest BCUT2D eigenvalue weighted by Crippen LogP contribution is -1.89. The van der Waals surface area contributed by atoms with Crippen LogP contribution in [-0.4, -0.2) is 49.8 Å². The molecule has 6 heterocycles. The quantitative estimate of drug-likeness (QED) is 0.433. The molecule has 0 bridgehead atoms. The number of aromatic nitrogens is 10. The van der Waals surface area contributed by atoms with Gasteiger partial charge < -0.3 is 15.0 Å². The fourth-order valence-corrected chi connectivity index (χ4v) is 2.99. The van der Waals surface area contributed by atoms with E-state index in [2.05, 4.69) is 49.8 Å². The molecule has 6 aromatic rings. The minimum atomic E-state index is 0.577. The molecule has 0 radical (unpaired) electrons. The van der Waals surface area contributed by atoms with Crippen molar-refractivity contribution in [2.24, 2.45) is 0 Å². The van der Waals surface area contributed by atoms with Crippen LogP contribution in [0, 0.1) is 0 Å². The molecule has 0 saturated carbocycles. The zero-order valence-corrected chi connectivity index (χ0v) is 13.7. The van der Waals surface area contributed by atoms with Crippen LogP contribution in [0.3, 0.4) is 0 Å². The molecule has 0 aliphatic heterocycles. The van der Waals surface area contributed by atoms with E-state index in [0.29, 0.717) is 34.2 Å². The molecule has 3 N–H and O–H groups in total. The molecule has 6 aromatic heterocycles. The third-order valence-electron chi connectivity index (χ3n) is 4.28. The van der Waals surface area contributed by atoms with Crippen LogP contribution in [-0.2, 0) is 0 Å². The first-order chi connectivity index (χ1) is 13.3. The second-order valence-corrected chi connectivity index (χ2v) is 5.98. The van der Waals surface area contributed by atoms with Crippen molar-refractivity contribution in [2.45, 2.75) is 0 Å². The van der Waals surface area contributed by atoms with E-state index in [1.807, 2.05) is 12.1 Å². The molecule has 27 heavy (non-hydrogen) atoms. The molecule has 10 heteroatoms. The number of nitrogens with one attached hydrogen (secondary N) is 3. The monoisotopic (exact) mass is 354 g/mol. The van der Waals surface area contributed by atoms with Crippen LogP contribution < -0.4 is 0 Å². The Kier molecular flexibility index (Phi) is 2.67. The van der Waals surface area contributed by atoms with E-state index >= 15 is 0 Å². The highest BCUT2D eigenvalue weighted by atomic mass is 15.0. The summed E-state index contributed by atoms with van der Waals surface area (Å²) in [7, 11) is 0. The molecule has 0 spiro atoms. The highest BCUT2D eigenvalue weighted by Crippen LogP contribution is 2.23. The number of hydrogen-bond donors (Lipinski definition) is 3. The molecule has 0 aliphatic carbocycles. The Labute approximate surface area is 150 Å². The number of hydrogen-bond acceptors (Lipinski definition) is 7. The minimum absolute atomic E-state index is 0.577. The highest BCUT2D eigenvalue weighted by molar-refractivity contribution is 5.82. The Morgan fingerprint density at radius 2 is 1.70 bits per heavy atom. The van der Waals surface area contributed by atoms with Crippen molar-refractivity contribution in [1.29, 1.82) is 0 Å². The van der Waals surface area contributed by atoms with Gasteiger partial charge in [-0.25, -0.2) is 24.9 Å². The number of rotatable bonds is 2. The number of pyridine rings is 1. The van der Waals surface area contributed by atoms with E-state index < -0.39 is 0 Å². The summed E-state index contributed by atoms with van der Waals surface area (Å²) in [5, 5.41) is 0. The first-order valence-electron chi connectivity index (χ1n) is 8.16. The topological polar surface area (TPSA) is 138 Å². The third-order valence-corrected chi connectivity index (χ3v) is 4.28. The van der Waals surface area contributed by atoms with Gasteiger partial charge >= 0.3 is 0 Å². The van der Waals surface area contributed by atoms with Crippen LogP contribution in [0.5, 0.6) is 0 Å². The van der Waals surface area contributed by atoms with Gasteiger partial charge in [0.1, 0.15) is 16.9 Å². The van der Waals surface area contributed by atoms with E-state index in [9.17, 15) is 0 Å². The number of aromatic amines is 3. The normalized spacial score (nSPS) is 11.7. The van der Waals surface area contributed by atoms with Gasteiger partial charge in [0.15, 0.2) is 22.8 Å². The van der Waals surface area contributed by atoms with Crippen molar-refractivity contribution < 1.29 is 0 Å². The Balaban J connectivity index is 1.46. The van der Waals surface area contributed by atoms with Crippen molar-refractivity contribution in [3.63, 3.8) is 0 Å². The standard InChI is InChI=1S/C17H10N10/c1-2-18-4-11-8(1)23-15(25-11)13-6-19-10-3-9(24-14(10)27-13)12-5-20-16-17(26-12)22-7-21-16/h1-7H,(H,23,25)(H,24,27)(H,20,21,22,26). The number of H-pyrrole nitrogens is 3. The average molecular weight is 354 g/mol. The molecule has 0 saturated heterocycles. The van der Waals surface area contributed by atoms with Crippen LogP contribution >= 0.6 is 0 Å². The van der Waals surface area contributed by atoms with Gasteiger partial charge in [-0.1, -0.05) is 0 Å². The Bertz CT molecular complexity index is 1410. The van der Waals surface area contributed by atoms with Crippen LogP contribution in [0.2, 0.25) is 0 Å². The van der Waals surface area contributed by atoms with E-state index in [1.54, 1.807) is 31.1 Å². The lowest BCUT2D eigenvalue weighted by Gasteiger charge is -1.96. The molecule has 0 aliphatic rings. The first-order valence-corrected chi connectivity index (χ1v) is 8.16. The van der Waals surface area contributed by atoms with E-state index in [4.69, 9.17) is 0 Å². The van der Waals surface area contributed by atoms with Gasteiger partial charge in [-0.15, -0.1) is 0 Å². The zero-order valence-electron chi connectivity index (χ0n) is 13.7. The summed E-state index contributed by atoms with van der Waals surface area (Å²) in [6, 6.07) is 3.74. The van der Waals surface area contributed by atoms with Gasteiger partial charge in [0.25, 0.3) is 0 Å². The molecular formula is C17H10N10. The zero-order chi connectivity index (χ0) is 17.8. The van der Waals surface area contributed by atoms with E-state index in [1.165, 1.54) is 0 Å². The summed E-state index contributed by atoms with van der Waals surface area (Å²) in [6.45, 7) is 0. The van der Waals surface area contributed by atoms with Gasteiger partial charge in [-0.2, -0.15) is 0 Å². The van der Waals surface area contributed by atoms with Crippen LogP contribution in [0.4, 0.5) is 0 Å². The Hall–Kier alpha value is -4.21. The Morgan fingerprint density at radius 1 is 0.778 bits per heavy atom. The summed E-state index contributed by atoms with van der Waals surface area (Å²) in [5.41, 5.74) is 6.37. The second kappa shape index (κ2) is 5.14. The van der Waals surface area contributed by atoms with Crippen molar-refractivity contribution in [3.05, 3.63) is 43.2 Å². The van der Waals surface area contributed by atoms with Crippen LogP contribution in [0.25, 0.3) is 56.4 Å². The maximum absolute atomic E-state index is 4.64. The van der Waals surface area contributed by atoms with Crippen LogP contribution in [0.1, 0.15) is 0 Å². The first kappa shape index (κ1) is 14.0. The lowest BCUT2D eigenvalue weighted by molar-refractivity contribution is 1.20. The molecule has 0 unspecified atom stereocenters. The Morgan fingerprint density at radius 3 is 2.67 bits per heavy atom. The number of imidazole rings is 2. The van der Waals surface area contributed by atoms with Crippen molar-refractivity contribution in [3.8, 4) is 22.9 Å². The summed E-state index contributed by atoms with van der Waals surface area (Å²) in [4.78, 5) is 40.1. The maximum atomic E-state index is 4.64. The molecule has 0 aromatic carbocycles. The summed E-state index contributed by atoms with van der Waals surface area (Å²) in [5.74, 6) is 0.641. The number of nitrogens with zero attached hydrogens (tertiary/aromatic N) is 7. The van der Waals surface area contributed by atoms with Crippen molar-refractivity contribution in [2.75, 3.05) is 0 Å². The molecule has 0 fully saturated rings. The second-order valence-electron chi connectivity index (χ2n) is 5.98. The molecule has 0 amide bonds. The third kappa shape index (κ3) is 2.16. The fraction of sp³-hybridized carbons (Fsp3) is 0. The fourth-order valence-electron chi connectivity index (χ4n) is 2.99. The van der Waals surface area contributed by atoms with Gasteiger partial charge in [0.2, 0.25) is 0 Å². The largest absolute Gasteiger partial charge is 0.337 e. The van der Waals surface area contributed by atoms with Gasteiger partial charge in [-0.05, 0) is 12.1 Å². The molecule has 6 rings (SSSR count). The molecule has 128 valence electrons. The number of fused-ring (bicyclic) bond motifs is 3. The van der Waals surface area contributed by atoms with E-state index in [0.717, 1.165) is 22.2 Å². The van der Waals surface area contributed by atoms with Crippen LogP contribution in [0.15, 0.2) is 43.2 Å². The predicted octanol–water partition coefficient (Wildman–Crippen LogP) is 2.23. The average Bonchev–Trinajstić information content (AvgIpc) is 3.42. The SMILES string of the molecule is c1cc2nc(-c3cnc4cc(-c5cnc6nc[nH]c6n5)[nH]c4n3)[nH]c2cn1. The van der Waals surface area contributed by atoms with Gasteiger partial charge in [-0.3, -0.25) is 9.97 Å². The molecular weight excluding hydrogens is 344 g/mol. The van der Waals surface area contributed by atoms with Gasteiger partial charge in [0, 0.05) is 6.20 Å². The van der Waals surface area contributed by atoms with Crippen molar-refractivity contribution >= 4 is 33.5 Å². The molecule has 10 nitrogen and oxygen atoms in total. The smallest absolute Gasteiger partial charge is 0.197 e. The van der Waals surface area contributed by atoms with Crippen molar-refractivity contribution in [1.82, 2.24) is 49.8 Å². The minimum Gasteiger partial charge on any atom is -0.337 e.